The molecule has 0 spiro atoms. The quantitative estimate of drug-likeness (QED) is 0.824. The van der Waals surface area contributed by atoms with Crippen LogP contribution in [0.15, 0.2) is 32.1 Å². The number of nitrogens with one attached hydrogen (secondary N) is 1. The molecule has 0 unspecified atom stereocenters. The van der Waals surface area contributed by atoms with Crippen molar-refractivity contribution >= 4 is 26.0 Å². The lowest BCUT2D eigenvalue weighted by Gasteiger charge is -2.08. The third-order valence-corrected chi connectivity index (χ3v) is 4.91. The maximum atomic E-state index is 12.2. The van der Waals surface area contributed by atoms with E-state index in [1.807, 2.05) is 0 Å². The molecule has 2 aromatic rings. The average molecular weight is 361 g/mol. The van der Waals surface area contributed by atoms with Gasteiger partial charge in [-0.25, -0.2) is 13.1 Å². The first kappa shape index (κ1) is 15.1. The fourth-order valence-corrected chi connectivity index (χ4v) is 3.52. The van der Waals surface area contributed by atoms with Crippen LogP contribution in [-0.4, -0.2) is 18.6 Å². The molecule has 0 aliphatic rings. The molecule has 0 bridgehead atoms. The van der Waals surface area contributed by atoms with Crippen LogP contribution >= 0.6 is 15.9 Å². The summed E-state index contributed by atoms with van der Waals surface area (Å²) in [5.74, 6) is 0.655. The molecule has 0 atom stereocenters. The molecule has 3 N–H and O–H groups in total. The Morgan fingerprint density at radius 3 is 2.80 bits per heavy atom. The molecule has 0 saturated heterocycles. The van der Waals surface area contributed by atoms with E-state index in [0.717, 1.165) is 5.56 Å². The number of rotatable bonds is 5. The van der Waals surface area contributed by atoms with E-state index in [0.29, 0.717) is 10.4 Å². The molecule has 0 amide bonds. The van der Waals surface area contributed by atoms with Gasteiger partial charge in [0.25, 0.3) is 0 Å². The van der Waals surface area contributed by atoms with Crippen LogP contribution in [0.5, 0.6) is 0 Å². The van der Waals surface area contributed by atoms with Gasteiger partial charge in [0.05, 0.1) is 11.4 Å². The second kappa shape index (κ2) is 6.00. The van der Waals surface area contributed by atoms with Gasteiger partial charge in [-0.3, -0.25) is 0 Å². The zero-order valence-electron chi connectivity index (χ0n) is 10.6. The van der Waals surface area contributed by atoms with Crippen LogP contribution in [0, 0.1) is 6.92 Å². The Labute approximate surface area is 124 Å². The summed E-state index contributed by atoms with van der Waals surface area (Å²) >= 11 is 3.22. The minimum Gasteiger partial charge on any atom is -0.340 e. The van der Waals surface area contributed by atoms with E-state index in [-0.39, 0.29) is 23.8 Å². The van der Waals surface area contributed by atoms with Gasteiger partial charge in [0, 0.05) is 17.9 Å². The van der Waals surface area contributed by atoms with Gasteiger partial charge in [0.2, 0.25) is 15.9 Å². The molecular formula is C11H13BrN4O3S. The van der Waals surface area contributed by atoms with Crippen molar-refractivity contribution in [3.8, 4) is 0 Å². The Kier molecular flexibility index (Phi) is 4.53. The van der Waals surface area contributed by atoms with E-state index >= 15 is 0 Å². The van der Waals surface area contributed by atoms with Crippen molar-refractivity contribution < 1.29 is 12.9 Å². The monoisotopic (exact) mass is 360 g/mol. The Hall–Kier alpha value is -1.29. The molecule has 9 heteroatoms. The van der Waals surface area contributed by atoms with Crippen LogP contribution in [0.25, 0.3) is 0 Å². The third kappa shape index (κ3) is 3.42. The van der Waals surface area contributed by atoms with Gasteiger partial charge in [-0.15, -0.1) is 0 Å². The number of nitrogens with zero attached hydrogens (tertiary/aromatic N) is 2. The average Bonchev–Trinajstić information content (AvgIpc) is 2.83. The van der Waals surface area contributed by atoms with E-state index in [9.17, 15) is 8.42 Å². The van der Waals surface area contributed by atoms with Crippen LogP contribution in [0.2, 0.25) is 0 Å². The fraction of sp³-hybridized carbons (Fsp3) is 0.273. The molecule has 20 heavy (non-hydrogen) atoms. The smallest absolute Gasteiger partial charge is 0.242 e. The van der Waals surface area contributed by atoms with Crippen molar-refractivity contribution in [2.24, 2.45) is 5.73 Å². The van der Waals surface area contributed by atoms with Crippen molar-refractivity contribution in [3.05, 3.63) is 40.0 Å². The summed E-state index contributed by atoms with van der Waals surface area (Å²) in [6, 6.07) is 4.93. The molecule has 1 heterocycles. The molecule has 7 nitrogen and oxygen atoms in total. The second-order valence-electron chi connectivity index (χ2n) is 4.02. The van der Waals surface area contributed by atoms with Gasteiger partial charge in [0.1, 0.15) is 0 Å². The Morgan fingerprint density at radius 2 is 2.20 bits per heavy atom. The number of hydrogen-bond acceptors (Lipinski definition) is 6. The summed E-state index contributed by atoms with van der Waals surface area (Å²) in [6.45, 7) is 1.85. The zero-order valence-corrected chi connectivity index (χ0v) is 13.0. The number of nitrogens with two attached hydrogens (primary N) is 1. The summed E-state index contributed by atoms with van der Waals surface area (Å²) in [7, 11) is -3.69. The maximum Gasteiger partial charge on any atom is 0.242 e. The zero-order chi connectivity index (χ0) is 14.8. The Morgan fingerprint density at radius 1 is 1.45 bits per heavy atom. The van der Waals surface area contributed by atoms with Crippen molar-refractivity contribution in [1.82, 2.24) is 14.9 Å². The van der Waals surface area contributed by atoms with Crippen LogP contribution < -0.4 is 10.5 Å². The Balaban J connectivity index is 2.21. The topological polar surface area (TPSA) is 111 Å². The summed E-state index contributed by atoms with van der Waals surface area (Å²) in [5.41, 5.74) is 6.24. The number of aromatic nitrogens is 2. The standard InChI is InChI=1S/C11H13BrN4O3S/c1-7-15-11(16-19-7)6-14-20(17,18)10-4-8(5-13)2-3-9(10)12/h2-4,14H,5-6,13H2,1H3. The molecular weight excluding hydrogens is 348 g/mol. The second-order valence-corrected chi connectivity index (χ2v) is 6.61. The number of benzene rings is 1. The van der Waals surface area contributed by atoms with Gasteiger partial charge < -0.3 is 10.3 Å². The molecule has 2 rings (SSSR count). The van der Waals surface area contributed by atoms with Crippen molar-refractivity contribution in [1.29, 1.82) is 0 Å². The van der Waals surface area contributed by atoms with Crippen LogP contribution in [0.3, 0.4) is 0 Å². The van der Waals surface area contributed by atoms with Crippen molar-refractivity contribution in [2.75, 3.05) is 0 Å². The first-order valence-corrected chi connectivity index (χ1v) is 7.97. The summed E-state index contributed by atoms with van der Waals surface area (Å²) in [6.07, 6.45) is 0. The molecule has 0 radical (unpaired) electrons. The highest BCUT2D eigenvalue weighted by molar-refractivity contribution is 9.10. The van der Waals surface area contributed by atoms with Gasteiger partial charge >= 0.3 is 0 Å². The van der Waals surface area contributed by atoms with Crippen molar-refractivity contribution in [2.45, 2.75) is 24.9 Å². The van der Waals surface area contributed by atoms with E-state index in [4.69, 9.17) is 10.3 Å². The third-order valence-electron chi connectivity index (χ3n) is 2.51. The predicted octanol–water partition coefficient (Wildman–Crippen LogP) is 1.08. The first-order valence-electron chi connectivity index (χ1n) is 5.70. The lowest BCUT2D eigenvalue weighted by Crippen LogP contribution is -2.24. The van der Waals surface area contributed by atoms with Gasteiger partial charge in [0.15, 0.2) is 5.82 Å². The summed E-state index contributed by atoms with van der Waals surface area (Å²) in [5, 5.41) is 3.62. The van der Waals surface area contributed by atoms with E-state index in [2.05, 4.69) is 30.8 Å². The number of sulfonamides is 1. The van der Waals surface area contributed by atoms with Crippen LogP contribution in [0.1, 0.15) is 17.3 Å². The summed E-state index contributed by atoms with van der Waals surface area (Å²) < 4.78 is 32.1. The van der Waals surface area contributed by atoms with E-state index in [1.165, 1.54) is 6.07 Å². The van der Waals surface area contributed by atoms with Gasteiger partial charge in [-0.1, -0.05) is 11.2 Å². The SMILES string of the molecule is Cc1nc(CNS(=O)(=O)c2cc(CN)ccc2Br)no1. The largest absolute Gasteiger partial charge is 0.340 e. The lowest BCUT2D eigenvalue weighted by atomic mass is 10.2. The first-order chi connectivity index (χ1) is 9.42. The van der Waals surface area contributed by atoms with E-state index < -0.39 is 10.0 Å². The highest BCUT2D eigenvalue weighted by atomic mass is 79.9. The summed E-state index contributed by atoms with van der Waals surface area (Å²) in [4.78, 5) is 4.05. The number of halogens is 1. The minimum absolute atomic E-state index is 0.0427. The molecule has 0 saturated carbocycles. The highest BCUT2D eigenvalue weighted by Crippen LogP contribution is 2.23. The predicted molar refractivity (Wildman–Crippen MR) is 75.1 cm³/mol. The number of hydrogen-bond donors (Lipinski definition) is 2. The minimum atomic E-state index is -3.69. The molecule has 108 valence electrons. The van der Waals surface area contributed by atoms with E-state index in [1.54, 1.807) is 19.1 Å². The lowest BCUT2D eigenvalue weighted by molar-refractivity contribution is 0.387. The van der Waals surface area contributed by atoms with Crippen LogP contribution in [0.4, 0.5) is 0 Å². The maximum absolute atomic E-state index is 12.2. The molecule has 1 aromatic carbocycles. The Bertz CT molecular complexity index is 714. The fourth-order valence-electron chi connectivity index (χ4n) is 1.53. The molecule has 0 aliphatic carbocycles. The normalized spacial score (nSPS) is 11.8. The highest BCUT2D eigenvalue weighted by Gasteiger charge is 2.18. The number of aryl methyl sites for hydroxylation is 1. The van der Waals surface area contributed by atoms with Crippen molar-refractivity contribution in [3.63, 3.8) is 0 Å². The van der Waals surface area contributed by atoms with Crippen LogP contribution in [-0.2, 0) is 23.1 Å². The molecule has 0 aliphatic heterocycles. The van der Waals surface area contributed by atoms with Gasteiger partial charge in [-0.2, -0.15) is 4.98 Å². The molecule has 0 fully saturated rings. The molecule has 1 aromatic heterocycles. The van der Waals surface area contributed by atoms with Gasteiger partial charge in [-0.05, 0) is 33.6 Å².